The van der Waals surface area contributed by atoms with Gasteiger partial charge in [0.25, 0.3) is 5.56 Å². The topological polar surface area (TPSA) is 71.9 Å². The molecule has 2 N–H and O–H groups in total. The molecule has 0 spiro atoms. The first-order valence-electron chi connectivity index (χ1n) is 6.98. The summed E-state index contributed by atoms with van der Waals surface area (Å²) in [6, 6.07) is 13.0. The van der Waals surface area contributed by atoms with E-state index in [0.717, 1.165) is 22.0 Å². The number of aromatic amines is 1. The van der Waals surface area contributed by atoms with Gasteiger partial charge < -0.3 is 9.46 Å². The number of nitrogens with one attached hydrogen (secondary N) is 2. The fraction of sp³-hybridized carbons (Fsp3) is 0.125. The first kappa shape index (κ1) is 15.2. The monoisotopic (exact) mass is 328 g/mol. The summed E-state index contributed by atoms with van der Waals surface area (Å²) in [5.74, 6) is 1.37. The van der Waals surface area contributed by atoms with Crippen molar-refractivity contribution in [2.75, 3.05) is 11.8 Å². The van der Waals surface area contributed by atoms with Crippen LogP contribution in [-0.2, 0) is 0 Å². The molecule has 6 nitrogen and oxygen atoms in total. The Labute approximate surface area is 137 Å². The SMILES string of the molecule is COc1cccc(SNc2ccc(-n3[nH]c(C)cc3=O)nc2)c1. The minimum Gasteiger partial charge on any atom is -0.497 e. The van der Waals surface area contributed by atoms with Gasteiger partial charge in [-0.3, -0.25) is 9.89 Å². The molecule has 0 aliphatic rings. The van der Waals surface area contributed by atoms with Gasteiger partial charge in [0.1, 0.15) is 5.75 Å². The van der Waals surface area contributed by atoms with Crippen molar-refractivity contribution >= 4 is 17.6 Å². The molecule has 0 fully saturated rings. The summed E-state index contributed by atoms with van der Waals surface area (Å²) in [6.45, 7) is 1.83. The van der Waals surface area contributed by atoms with E-state index in [9.17, 15) is 4.79 Å². The highest BCUT2D eigenvalue weighted by molar-refractivity contribution is 8.00. The summed E-state index contributed by atoms with van der Waals surface area (Å²) in [7, 11) is 1.64. The van der Waals surface area contributed by atoms with Gasteiger partial charge in [0.2, 0.25) is 0 Å². The number of anilines is 1. The molecule has 0 saturated heterocycles. The van der Waals surface area contributed by atoms with Crippen molar-refractivity contribution in [3.05, 3.63) is 64.7 Å². The molecule has 0 unspecified atom stereocenters. The van der Waals surface area contributed by atoms with Crippen LogP contribution in [0.2, 0.25) is 0 Å². The molecular formula is C16H16N4O2S. The Balaban J connectivity index is 1.70. The van der Waals surface area contributed by atoms with Crippen molar-refractivity contribution in [2.24, 2.45) is 0 Å². The predicted octanol–water partition coefficient (Wildman–Crippen LogP) is 3.00. The number of methoxy groups -OCH3 is 1. The quantitative estimate of drug-likeness (QED) is 0.705. The number of aryl methyl sites for hydroxylation is 1. The van der Waals surface area contributed by atoms with E-state index in [0.29, 0.717) is 5.82 Å². The molecule has 0 radical (unpaired) electrons. The van der Waals surface area contributed by atoms with Gasteiger partial charge in [0, 0.05) is 16.7 Å². The highest BCUT2D eigenvalue weighted by Crippen LogP contribution is 2.24. The van der Waals surface area contributed by atoms with Crippen LogP contribution in [0.5, 0.6) is 5.75 Å². The second kappa shape index (κ2) is 6.62. The van der Waals surface area contributed by atoms with E-state index < -0.39 is 0 Å². The average molecular weight is 328 g/mol. The smallest absolute Gasteiger partial charge is 0.272 e. The number of hydrogen-bond acceptors (Lipinski definition) is 5. The van der Waals surface area contributed by atoms with Gasteiger partial charge in [0.05, 0.1) is 19.0 Å². The molecule has 0 aliphatic heterocycles. The molecule has 0 bridgehead atoms. The fourth-order valence-electron chi connectivity index (χ4n) is 2.04. The van der Waals surface area contributed by atoms with Gasteiger partial charge in [-0.1, -0.05) is 6.07 Å². The summed E-state index contributed by atoms with van der Waals surface area (Å²) < 4.78 is 9.82. The summed E-state index contributed by atoms with van der Waals surface area (Å²) in [4.78, 5) is 17.1. The first-order chi connectivity index (χ1) is 11.2. The summed E-state index contributed by atoms with van der Waals surface area (Å²) in [6.07, 6.45) is 1.69. The van der Waals surface area contributed by atoms with Crippen molar-refractivity contribution in [3.8, 4) is 11.6 Å². The van der Waals surface area contributed by atoms with E-state index in [-0.39, 0.29) is 5.56 Å². The van der Waals surface area contributed by atoms with Crippen molar-refractivity contribution in [1.29, 1.82) is 0 Å². The zero-order valence-electron chi connectivity index (χ0n) is 12.7. The van der Waals surface area contributed by atoms with Crippen LogP contribution in [0.15, 0.2) is 58.4 Å². The van der Waals surface area contributed by atoms with Gasteiger partial charge in [-0.15, -0.1) is 0 Å². The number of nitrogens with zero attached hydrogens (tertiary/aromatic N) is 2. The molecular weight excluding hydrogens is 312 g/mol. The maximum atomic E-state index is 11.8. The fourth-order valence-corrected chi connectivity index (χ4v) is 2.72. The highest BCUT2D eigenvalue weighted by atomic mass is 32.2. The number of ether oxygens (including phenoxy) is 1. The Kier molecular flexibility index (Phi) is 4.38. The Bertz CT molecular complexity index is 855. The predicted molar refractivity (Wildman–Crippen MR) is 91.4 cm³/mol. The Morgan fingerprint density at radius 1 is 1.26 bits per heavy atom. The number of rotatable bonds is 5. The largest absolute Gasteiger partial charge is 0.497 e. The molecule has 118 valence electrons. The Hall–Kier alpha value is -2.67. The lowest BCUT2D eigenvalue weighted by Crippen LogP contribution is -2.14. The Morgan fingerprint density at radius 2 is 2.13 bits per heavy atom. The van der Waals surface area contributed by atoms with E-state index in [1.807, 2.05) is 37.3 Å². The standard InChI is InChI=1S/C16H16N4O2S/c1-11-8-16(21)20(18-11)15-7-6-12(10-17-15)19-23-14-5-3-4-13(9-14)22-2/h3-10,18-19H,1-2H3. The van der Waals surface area contributed by atoms with Crippen molar-refractivity contribution < 1.29 is 4.74 Å². The molecule has 3 rings (SSSR count). The summed E-state index contributed by atoms with van der Waals surface area (Å²) in [5.41, 5.74) is 1.52. The second-order valence-electron chi connectivity index (χ2n) is 4.90. The van der Waals surface area contributed by atoms with Crippen LogP contribution in [0.4, 0.5) is 5.69 Å². The van der Waals surface area contributed by atoms with E-state index in [1.165, 1.54) is 22.7 Å². The molecule has 0 aliphatic carbocycles. The molecule has 2 aromatic heterocycles. The van der Waals surface area contributed by atoms with Crippen LogP contribution in [0.3, 0.4) is 0 Å². The van der Waals surface area contributed by atoms with Crippen LogP contribution in [-0.4, -0.2) is 21.9 Å². The number of pyridine rings is 1. The zero-order chi connectivity index (χ0) is 16.2. The van der Waals surface area contributed by atoms with Gasteiger partial charge >= 0.3 is 0 Å². The van der Waals surface area contributed by atoms with E-state index >= 15 is 0 Å². The van der Waals surface area contributed by atoms with Crippen LogP contribution in [0.1, 0.15) is 5.69 Å². The lowest BCUT2D eigenvalue weighted by atomic mass is 10.3. The van der Waals surface area contributed by atoms with Crippen LogP contribution >= 0.6 is 11.9 Å². The molecule has 0 atom stereocenters. The second-order valence-corrected chi connectivity index (χ2v) is 5.78. The first-order valence-corrected chi connectivity index (χ1v) is 7.79. The molecule has 1 aromatic carbocycles. The average Bonchev–Trinajstić information content (AvgIpc) is 2.92. The lowest BCUT2D eigenvalue weighted by molar-refractivity contribution is 0.413. The van der Waals surface area contributed by atoms with Gasteiger partial charge in [-0.2, -0.15) is 0 Å². The molecule has 0 saturated carbocycles. The van der Waals surface area contributed by atoms with Crippen molar-refractivity contribution in [3.63, 3.8) is 0 Å². The highest BCUT2D eigenvalue weighted by Gasteiger charge is 2.04. The van der Waals surface area contributed by atoms with E-state index in [4.69, 9.17) is 4.74 Å². The molecule has 2 heterocycles. The Morgan fingerprint density at radius 3 is 2.78 bits per heavy atom. The van der Waals surface area contributed by atoms with Gasteiger partial charge in [0.15, 0.2) is 5.82 Å². The maximum Gasteiger partial charge on any atom is 0.272 e. The third kappa shape index (κ3) is 3.57. The number of benzene rings is 1. The minimum atomic E-state index is -0.124. The third-order valence-electron chi connectivity index (χ3n) is 3.15. The maximum absolute atomic E-state index is 11.8. The van der Waals surface area contributed by atoms with Crippen LogP contribution < -0.4 is 15.0 Å². The zero-order valence-corrected chi connectivity index (χ0v) is 13.6. The van der Waals surface area contributed by atoms with Crippen LogP contribution in [0.25, 0.3) is 5.82 Å². The van der Waals surface area contributed by atoms with Crippen molar-refractivity contribution in [1.82, 2.24) is 14.8 Å². The van der Waals surface area contributed by atoms with Gasteiger partial charge in [-0.05, 0) is 49.2 Å². The molecule has 23 heavy (non-hydrogen) atoms. The summed E-state index contributed by atoms with van der Waals surface area (Å²) in [5, 5.41) is 2.95. The normalized spacial score (nSPS) is 10.5. The molecule has 3 aromatic rings. The minimum absolute atomic E-state index is 0.124. The van der Waals surface area contributed by atoms with Crippen molar-refractivity contribution in [2.45, 2.75) is 11.8 Å². The van der Waals surface area contributed by atoms with E-state index in [1.54, 1.807) is 19.4 Å². The molecule has 0 amide bonds. The van der Waals surface area contributed by atoms with Crippen LogP contribution in [0, 0.1) is 6.92 Å². The number of hydrogen-bond donors (Lipinski definition) is 2. The summed E-state index contributed by atoms with van der Waals surface area (Å²) >= 11 is 1.47. The van der Waals surface area contributed by atoms with E-state index in [2.05, 4.69) is 14.8 Å². The number of H-pyrrole nitrogens is 1. The lowest BCUT2D eigenvalue weighted by Gasteiger charge is -2.07. The number of aromatic nitrogens is 3. The molecule has 7 heteroatoms. The third-order valence-corrected chi connectivity index (χ3v) is 3.98. The van der Waals surface area contributed by atoms with Gasteiger partial charge in [-0.25, -0.2) is 9.67 Å².